The first kappa shape index (κ1) is 23.9. The molecule has 0 fully saturated rings. The van der Waals surface area contributed by atoms with E-state index in [2.05, 4.69) is 25.4 Å². The van der Waals surface area contributed by atoms with Gasteiger partial charge < -0.3 is 10.2 Å². The quantitative estimate of drug-likeness (QED) is 0.582. The molecule has 0 saturated heterocycles. The maximum atomic E-state index is 13.3. The zero-order chi connectivity index (χ0) is 25.3. The van der Waals surface area contributed by atoms with Gasteiger partial charge in [-0.3, -0.25) is 14.3 Å². The molecule has 0 unspecified atom stereocenters. The minimum atomic E-state index is -0.389. The maximum absolute atomic E-state index is 13.3. The lowest BCUT2D eigenvalue weighted by Gasteiger charge is -2.17. The molecule has 10 heteroatoms. The number of anilines is 1. The third-order valence-corrected chi connectivity index (χ3v) is 5.86. The molecule has 180 valence electrons. The fourth-order valence-electron chi connectivity index (χ4n) is 3.97. The summed E-state index contributed by atoms with van der Waals surface area (Å²) in [6.45, 7) is 5.74. The number of aromatic nitrogens is 6. The van der Waals surface area contributed by atoms with Gasteiger partial charge in [-0.05, 0) is 32.4 Å². The molecule has 0 saturated carbocycles. The Hall–Kier alpha value is -4.21. The number of Topliss-reactive ketones (excluding diaryl/α,β-unsaturated/α-hetero) is 1. The van der Waals surface area contributed by atoms with E-state index in [1.807, 2.05) is 47.1 Å². The Morgan fingerprint density at radius 3 is 2.46 bits per heavy atom. The molecular weight excluding hydrogens is 444 g/mol. The monoisotopic (exact) mass is 472 g/mol. The minimum absolute atomic E-state index is 0.0246. The Kier molecular flexibility index (Phi) is 6.54. The van der Waals surface area contributed by atoms with Crippen molar-refractivity contribution >= 4 is 17.6 Å². The summed E-state index contributed by atoms with van der Waals surface area (Å²) in [5.74, 6) is 0.511. The van der Waals surface area contributed by atoms with Crippen LogP contribution in [0.4, 0.5) is 5.95 Å². The van der Waals surface area contributed by atoms with Crippen molar-refractivity contribution in [2.24, 2.45) is 7.05 Å². The summed E-state index contributed by atoms with van der Waals surface area (Å²) >= 11 is 0. The first-order valence-electron chi connectivity index (χ1n) is 11.2. The highest BCUT2D eigenvalue weighted by Gasteiger charge is 2.23. The number of nitrogens with one attached hydrogen (secondary N) is 1. The minimum Gasteiger partial charge on any atom is -0.347 e. The van der Waals surface area contributed by atoms with Crippen molar-refractivity contribution in [3.05, 3.63) is 58.7 Å². The van der Waals surface area contributed by atoms with E-state index in [0.717, 1.165) is 16.8 Å². The fraction of sp³-hybridized carbons (Fsp3) is 0.320. The molecule has 3 aromatic heterocycles. The number of allylic oxidation sites excluding steroid dienone is 3. The van der Waals surface area contributed by atoms with Gasteiger partial charge in [-0.2, -0.15) is 5.10 Å². The normalized spacial score (nSPS) is 13.7. The molecule has 3 aromatic rings. The molecule has 35 heavy (non-hydrogen) atoms. The number of rotatable bonds is 6. The summed E-state index contributed by atoms with van der Waals surface area (Å²) in [5, 5.41) is 7.12. The summed E-state index contributed by atoms with van der Waals surface area (Å²) in [6.07, 6.45) is 7.28. The lowest BCUT2D eigenvalue weighted by molar-refractivity contribution is -0.115. The van der Waals surface area contributed by atoms with Gasteiger partial charge in [0.1, 0.15) is 5.69 Å². The van der Waals surface area contributed by atoms with Gasteiger partial charge in [0.05, 0.1) is 17.0 Å². The Bertz CT molecular complexity index is 1370. The number of carbonyl (C=O) groups is 2. The summed E-state index contributed by atoms with van der Waals surface area (Å²) in [4.78, 5) is 45.6. The Labute approximate surface area is 203 Å². The zero-order valence-corrected chi connectivity index (χ0v) is 20.7. The zero-order valence-electron chi connectivity index (χ0n) is 20.7. The van der Waals surface area contributed by atoms with Gasteiger partial charge in [0, 0.05) is 63.8 Å². The summed E-state index contributed by atoms with van der Waals surface area (Å²) < 4.78 is 1.69. The van der Waals surface area contributed by atoms with E-state index in [9.17, 15) is 9.59 Å². The topological polar surface area (TPSA) is 119 Å². The van der Waals surface area contributed by atoms with Gasteiger partial charge in [-0.25, -0.2) is 19.9 Å². The largest absolute Gasteiger partial charge is 0.347 e. The standard InChI is InChI=1S/C25H28N8O2/c1-14-9-15(2)18(20(34)10-14)13-26-24(35)22-16(3)21(19-7-8-29-33(19)6)30-23(31-22)17-11-27-25(28-12-17)32(4)5/h7-9,11-12H,10,13H2,1-6H3,(H,26,35). The molecule has 3 heterocycles. The summed E-state index contributed by atoms with van der Waals surface area (Å²) in [6, 6.07) is 1.83. The van der Waals surface area contributed by atoms with Crippen molar-refractivity contribution in [3.63, 3.8) is 0 Å². The van der Waals surface area contributed by atoms with Crippen molar-refractivity contribution in [1.82, 2.24) is 35.0 Å². The SMILES string of the molecule is CC1=CC(C)=C(CNC(=O)c2nc(-c3cnc(N(C)C)nc3)nc(-c3ccnn3C)c2C)C(=O)C1. The van der Waals surface area contributed by atoms with Gasteiger partial charge in [0.15, 0.2) is 11.6 Å². The third-order valence-electron chi connectivity index (χ3n) is 5.86. The van der Waals surface area contributed by atoms with Crippen LogP contribution in [-0.2, 0) is 11.8 Å². The fourth-order valence-corrected chi connectivity index (χ4v) is 3.97. The predicted octanol–water partition coefficient (Wildman–Crippen LogP) is 2.67. The van der Waals surface area contributed by atoms with E-state index in [1.54, 1.807) is 35.1 Å². The highest BCUT2D eigenvalue weighted by molar-refractivity contribution is 6.01. The van der Waals surface area contributed by atoms with E-state index < -0.39 is 0 Å². The predicted molar refractivity (Wildman–Crippen MR) is 133 cm³/mol. The second-order valence-electron chi connectivity index (χ2n) is 8.81. The number of hydrogen-bond donors (Lipinski definition) is 1. The van der Waals surface area contributed by atoms with E-state index in [4.69, 9.17) is 4.98 Å². The number of hydrogen-bond acceptors (Lipinski definition) is 8. The van der Waals surface area contributed by atoms with Gasteiger partial charge in [0.2, 0.25) is 5.95 Å². The van der Waals surface area contributed by atoms with E-state index in [0.29, 0.717) is 40.6 Å². The molecule has 1 amide bonds. The molecule has 0 radical (unpaired) electrons. The molecule has 10 nitrogen and oxygen atoms in total. The summed E-state index contributed by atoms with van der Waals surface area (Å²) in [7, 11) is 5.52. The Balaban J connectivity index is 1.73. The van der Waals surface area contributed by atoms with Gasteiger partial charge in [-0.15, -0.1) is 0 Å². The third kappa shape index (κ3) is 4.86. The highest BCUT2D eigenvalue weighted by Crippen LogP contribution is 2.26. The molecule has 1 aliphatic carbocycles. The molecule has 1 N–H and O–H groups in total. The van der Waals surface area contributed by atoms with E-state index in [1.165, 1.54) is 0 Å². The van der Waals surface area contributed by atoms with E-state index >= 15 is 0 Å². The van der Waals surface area contributed by atoms with Crippen LogP contribution in [0.5, 0.6) is 0 Å². The smallest absolute Gasteiger partial charge is 0.270 e. The average Bonchev–Trinajstić information content (AvgIpc) is 3.24. The number of aryl methyl sites for hydroxylation is 1. The molecule has 0 atom stereocenters. The number of ketones is 1. The van der Waals surface area contributed by atoms with Crippen LogP contribution in [0, 0.1) is 6.92 Å². The second kappa shape index (κ2) is 9.57. The van der Waals surface area contributed by atoms with Crippen LogP contribution < -0.4 is 10.2 Å². The van der Waals surface area contributed by atoms with Crippen LogP contribution in [0.25, 0.3) is 22.8 Å². The van der Waals surface area contributed by atoms with Crippen LogP contribution in [-0.4, -0.2) is 62.0 Å². The number of nitrogens with zero attached hydrogens (tertiary/aromatic N) is 7. The summed E-state index contributed by atoms with van der Waals surface area (Å²) in [5.41, 5.74) is 5.22. The second-order valence-corrected chi connectivity index (χ2v) is 8.81. The first-order valence-corrected chi connectivity index (χ1v) is 11.2. The van der Waals surface area contributed by atoms with Crippen molar-refractivity contribution < 1.29 is 9.59 Å². The lowest BCUT2D eigenvalue weighted by Crippen LogP contribution is -2.31. The lowest BCUT2D eigenvalue weighted by atomic mass is 9.92. The van der Waals surface area contributed by atoms with Gasteiger partial charge in [-0.1, -0.05) is 11.6 Å². The molecule has 0 aliphatic heterocycles. The van der Waals surface area contributed by atoms with Crippen LogP contribution in [0.15, 0.2) is 47.5 Å². The molecular formula is C25H28N8O2. The van der Waals surface area contributed by atoms with Crippen LogP contribution >= 0.6 is 0 Å². The van der Waals surface area contributed by atoms with Crippen LogP contribution in [0.2, 0.25) is 0 Å². The van der Waals surface area contributed by atoms with Gasteiger partial charge >= 0.3 is 0 Å². The highest BCUT2D eigenvalue weighted by atomic mass is 16.2. The van der Waals surface area contributed by atoms with Crippen LogP contribution in [0.3, 0.4) is 0 Å². The average molecular weight is 473 g/mol. The van der Waals surface area contributed by atoms with Crippen molar-refractivity contribution in [1.29, 1.82) is 0 Å². The van der Waals surface area contributed by atoms with Crippen molar-refractivity contribution in [2.75, 3.05) is 25.5 Å². The van der Waals surface area contributed by atoms with Crippen LogP contribution in [0.1, 0.15) is 36.3 Å². The van der Waals surface area contributed by atoms with Crippen molar-refractivity contribution in [3.8, 4) is 22.8 Å². The molecule has 0 bridgehead atoms. The van der Waals surface area contributed by atoms with E-state index in [-0.39, 0.29) is 23.9 Å². The Morgan fingerprint density at radius 2 is 1.86 bits per heavy atom. The number of carbonyl (C=O) groups excluding carboxylic acids is 2. The maximum Gasteiger partial charge on any atom is 0.270 e. The number of amides is 1. The molecule has 1 aliphatic rings. The van der Waals surface area contributed by atoms with Gasteiger partial charge in [0.25, 0.3) is 5.91 Å². The van der Waals surface area contributed by atoms with Crippen molar-refractivity contribution in [2.45, 2.75) is 27.2 Å². The molecule has 4 rings (SSSR count). The first-order chi connectivity index (χ1) is 16.7. The molecule has 0 spiro atoms. The Morgan fingerprint density at radius 1 is 1.14 bits per heavy atom. The molecule has 0 aromatic carbocycles.